The van der Waals surface area contributed by atoms with Crippen LogP contribution in [0, 0.1) is 11.3 Å². The van der Waals surface area contributed by atoms with Gasteiger partial charge < -0.3 is 20.1 Å². The van der Waals surface area contributed by atoms with Crippen molar-refractivity contribution in [2.75, 3.05) is 20.2 Å². The van der Waals surface area contributed by atoms with Gasteiger partial charge >= 0.3 is 0 Å². The highest BCUT2D eigenvalue weighted by atomic mass is 16.5. The van der Waals surface area contributed by atoms with Crippen LogP contribution in [0.4, 0.5) is 0 Å². The Morgan fingerprint density at radius 2 is 2.11 bits per heavy atom. The maximum absolute atomic E-state index is 12.8. The van der Waals surface area contributed by atoms with Gasteiger partial charge in [-0.3, -0.25) is 9.89 Å². The van der Waals surface area contributed by atoms with E-state index in [1.807, 2.05) is 35.2 Å². The molecule has 8 heteroatoms. The molecule has 1 amide bonds. The van der Waals surface area contributed by atoms with Crippen molar-refractivity contribution in [2.24, 2.45) is 5.73 Å². The number of nitrogens with zero attached hydrogens (tertiary/aromatic N) is 3. The number of H-pyrrole nitrogens is 1. The Bertz CT molecular complexity index is 965. The number of piperidine rings is 1. The quantitative estimate of drug-likeness (QED) is 0.840. The molecule has 2 aliphatic rings. The summed E-state index contributed by atoms with van der Waals surface area (Å²) in [5.41, 5.74) is 8.04. The van der Waals surface area contributed by atoms with Gasteiger partial charge in [0.2, 0.25) is 11.8 Å². The lowest BCUT2D eigenvalue weighted by Crippen LogP contribution is -2.48. The Kier molecular flexibility index (Phi) is 4.53. The molecular formula is C20H21N5O3. The third kappa shape index (κ3) is 2.72. The maximum atomic E-state index is 12.8. The molecule has 1 aromatic carbocycles. The van der Waals surface area contributed by atoms with Crippen molar-refractivity contribution in [3.63, 3.8) is 0 Å². The van der Waals surface area contributed by atoms with Crippen LogP contribution in [0.3, 0.4) is 0 Å². The number of hydrogen-bond acceptors (Lipinski definition) is 6. The molecule has 0 saturated carbocycles. The molecule has 4 rings (SSSR count). The topological polar surface area (TPSA) is 117 Å². The number of methoxy groups -OCH3 is 1. The Morgan fingerprint density at radius 1 is 1.39 bits per heavy atom. The van der Waals surface area contributed by atoms with Crippen molar-refractivity contribution in [3.05, 3.63) is 58.6 Å². The first-order valence-corrected chi connectivity index (χ1v) is 9.10. The minimum absolute atomic E-state index is 0.0116. The predicted octanol–water partition coefficient (Wildman–Crippen LogP) is 1.82. The van der Waals surface area contributed by atoms with E-state index in [2.05, 4.69) is 16.3 Å². The molecule has 28 heavy (non-hydrogen) atoms. The number of nitrogens with two attached hydrogens (primary N) is 1. The first-order chi connectivity index (χ1) is 13.6. The number of carbonyl (C=O) groups is 1. The molecule has 0 bridgehead atoms. The Morgan fingerprint density at radius 3 is 2.75 bits per heavy atom. The summed E-state index contributed by atoms with van der Waals surface area (Å²) in [4.78, 5) is 14.6. The molecule has 0 radical (unpaired) electrons. The first kappa shape index (κ1) is 18.1. The molecule has 2 aliphatic heterocycles. The number of hydrogen-bond donors (Lipinski definition) is 2. The number of likely N-dealkylation sites (tertiary alicyclic amines) is 1. The number of allylic oxidation sites excluding steroid dienone is 1. The van der Waals surface area contributed by atoms with Crippen molar-refractivity contribution >= 4 is 5.91 Å². The maximum Gasteiger partial charge on any atom is 0.253 e. The summed E-state index contributed by atoms with van der Waals surface area (Å²) < 4.78 is 10.9. The molecule has 0 aliphatic carbocycles. The van der Waals surface area contributed by atoms with Gasteiger partial charge in [-0.1, -0.05) is 18.2 Å². The summed E-state index contributed by atoms with van der Waals surface area (Å²) in [5, 5.41) is 17.0. The van der Waals surface area contributed by atoms with Gasteiger partial charge in [0, 0.05) is 31.2 Å². The highest BCUT2D eigenvalue weighted by molar-refractivity contribution is 5.94. The van der Waals surface area contributed by atoms with Crippen molar-refractivity contribution in [1.29, 1.82) is 5.26 Å². The third-order valence-corrected chi connectivity index (χ3v) is 5.54. The average Bonchev–Trinajstić information content (AvgIpc) is 3.12. The highest BCUT2D eigenvalue weighted by Gasteiger charge is 2.49. The standard InChI is InChI=1S/C20H21N5O3/c1-27-12-15-16-18(24-23-15)28-17(22)14(11-21)20(16)7-9-25(10-8-20)19(26)13-5-3-2-4-6-13/h2-6H,7-10,12,22H2,1H3,(H,23,24). The Labute approximate surface area is 162 Å². The van der Waals surface area contributed by atoms with Crippen molar-refractivity contribution in [1.82, 2.24) is 15.1 Å². The van der Waals surface area contributed by atoms with E-state index in [1.54, 1.807) is 7.11 Å². The number of benzene rings is 1. The molecule has 3 heterocycles. The van der Waals surface area contributed by atoms with Gasteiger partial charge in [0.15, 0.2) is 0 Å². The number of fused-ring (bicyclic) bond motifs is 2. The molecule has 1 aromatic heterocycles. The lowest BCUT2D eigenvalue weighted by atomic mass is 9.67. The fourth-order valence-corrected chi connectivity index (χ4v) is 4.21. The van der Waals surface area contributed by atoms with Crippen LogP contribution in [-0.2, 0) is 16.8 Å². The van der Waals surface area contributed by atoms with Crippen LogP contribution in [0.5, 0.6) is 5.88 Å². The monoisotopic (exact) mass is 379 g/mol. The van der Waals surface area contributed by atoms with E-state index in [9.17, 15) is 10.1 Å². The zero-order valence-electron chi connectivity index (χ0n) is 15.6. The molecule has 1 fully saturated rings. The van der Waals surface area contributed by atoms with Crippen LogP contribution < -0.4 is 10.5 Å². The zero-order chi connectivity index (χ0) is 19.7. The second-order valence-corrected chi connectivity index (χ2v) is 7.01. The van der Waals surface area contributed by atoms with Crippen molar-refractivity contribution in [3.8, 4) is 11.9 Å². The summed E-state index contributed by atoms with van der Waals surface area (Å²) in [6.45, 7) is 1.32. The average molecular weight is 379 g/mol. The van der Waals surface area contributed by atoms with Gasteiger partial charge in [0.25, 0.3) is 5.91 Å². The summed E-state index contributed by atoms with van der Waals surface area (Å²) in [7, 11) is 1.60. The van der Waals surface area contributed by atoms with Gasteiger partial charge in [-0.05, 0) is 25.0 Å². The van der Waals surface area contributed by atoms with Crippen molar-refractivity contribution < 1.29 is 14.3 Å². The predicted molar refractivity (Wildman–Crippen MR) is 100 cm³/mol. The van der Waals surface area contributed by atoms with Crippen LogP contribution in [0.1, 0.15) is 34.5 Å². The molecular weight excluding hydrogens is 358 g/mol. The molecule has 2 aromatic rings. The van der Waals surface area contributed by atoms with Crippen LogP contribution in [0.25, 0.3) is 0 Å². The summed E-state index contributed by atoms with van der Waals surface area (Å²) in [6, 6.07) is 11.4. The van der Waals surface area contributed by atoms with Crippen molar-refractivity contribution in [2.45, 2.75) is 24.9 Å². The smallest absolute Gasteiger partial charge is 0.253 e. The minimum atomic E-state index is -0.638. The van der Waals surface area contributed by atoms with E-state index in [0.29, 0.717) is 49.6 Å². The summed E-state index contributed by atoms with van der Waals surface area (Å²) in [5.74, 6) is 0.446. The number of aromatic amines is 1. The van der Waals surface area contributed by atoms with Crippen LogP contribution in [0.2, 0.25) is 0 Å². The number of nitriles is 1. The molecule has 0 atom stereocenters. The molecule has 1 saturated heterocycles. The van der Waals surface area contributed by atoms with Crippen LogP contribution in [0.15, 0.2) is 41.8 Å². The second kappa shape index (κ2) is 7.02. The highest BCUT2D eigenvalue weighted by Crippen LogP contribution is 2.50. The van der Waals surface area contributed by atoms with Crippen LogP contribution in [-0.4, -0.2) is 41.2 Å². The van der Waals surface area contributed by atoms with Crippen LogP contribution >= 0.6 is 0 Å². The number of nitrogens with one attached hydrogen (secondary N) is 1. The Hall–Kier alpha value is -3.31. The third-order valence-electron chi connectivity index (χ3n) is 5.54. The van der Waals surface area contributed by atoms with E-state index in [-0.39, 0.29) is 11.8 Å². The normalized spacial score (nSPS) is 17.8. The number of rotatable bonds is 3. The zero-order valence-corrected chi connectivity index (χ0v) is 15.6. The van der Waals surface area contributed by atoms with Gasteiger partial charge in [0.05, 0.1) is 17.9 Å². The molecule has 3 N–H and O–H groups in total. The molecule has 0 unspecified atom stereocenters. The SMILES string of the molecule is COCc1[nH]nc2c1C1(CCN(C(=O)c3ccccc3)CC1)C(C#N)=C(N)O2. The summed E-state index contributed by atoms with van der Waals surface area (Å²) in [6.07, 6.45) is 1.11. The summed E-state index contributed by atoms with van der Waals surface area (Å²) >= 11 is 0. The first-order valence-electron chi connectivity index (χ1n) is 9.10. The van der Waals surface area contributed by atoms with Gasteiger partial charge in [-0.15, -0.1) is 5.10 Å². The largest absolute Gasteiger partial charge is 0.420 e. The molecule has 8 nitrogen and oxygen atoms in total. The fraction of sp³-hybridized carbons (Fsp3) is 0.350. The van der Waals surface area contributed by atoms with Gasteiger partial charge in [-0.2, -0.15) is 5.26 Å². The lowest BCUT2D eigenvalue weighted by Gasteiger charge is -2.43. The van der Waals surface area contributed by atoms with E-state index >= 15 is 0 Å². The second-order valence-electron chi connectivity index (χ2n) is 7.01. The van der Waals surface area contributed by atoms with E-state index in [0.717, 1.165) is 11.3 Å². The number of amides is 1. The fourth-order valence-electron chi connectivity index (χ4n) is 4.21. The Balaban J connectivity index is 1.67. The van der Waals surface area contributed by atoms with E-state index in [4.69, 9.17) is 15.2 Å². The molecule has 1 spiro atoms. The van der Waals surface area contributed by atoms with E-state index in [1.165, 1.54) is 0 Å². The van der Waals surface area contributed by atoms with E-state index < -0.39 is 5.41 Å². The lowest BCUT2D eigenvalue weighted by molar-refractivity contribution is 0.0678. The van der Waals surface area contributed by atoms with Gasteiger partial charge in [0.1, 0.15) is 11.6 Å². The number of carbonyl (C=O) groups excluding carboxylic acids is 1. The van der Waals surface area contributed by atoms with Gasteiger partial charge in [-0.25, -0.2) is 0 Å². The number of ether oxygens (including phenoxy) is 2. The minimum Gasteiger partial charge on any atom is -0.420 e. The molecule has 144 valence electrons. The number of aromatic nitrogens is 2.